The highest BCUT2D eigenvalue weighted by Gasteiger charge is 2.07. The van der Waals surface area contributed by atoms with Crippen molar-refractivity contribution in [2.24, 2.45) is 10.2 Å². The molecule has 0 aromatic heterocycles. The van der Waals surface area contributed by atoms with Gasteiger partial charge in [-0.2, -0.15) is 15.5 Å². The van der Waals surface area contributed by atoms with Gasteiger partial charge in [0.1, 0.15) is 0 Å². The van der Waals surface area contributed by atoms with Crippen LogP contribution < -0.4 is 9.47 Å². The summed E-state index contributed by atoms with van der Waals surface area (Å²) >= 11 is 0. The first-order valence-corrected chi connectivity index (χ1v) is 6.89. The maximum absolute atomic E-state index is 8.76. The van der Waals surface area contributed by atoms with Crippen molar-refractivity contribution in [3.05, 3.63) is 48.0 Å². The maximum atomic E-state index is 8.76. The lowest BCUT2D eigenvalue weighted by Crippen LogP contribution is -2.06. The van der Waals surface area contributed by atoms with Gasteiger partial charge in [-0.3, -0.25) is 0 Å². The summed E-state index contributed by atoms with van der Waals surface area (Å²) in [6.07, 6.45) is 0.0413. The lowest BCUT2D eigenvalue weighted by atomic mass is 10.2. The molecule has 0 aliphatic rings. The Labute approximate surface area is 129 Å². The van der Waals surface area contributed by atoms with Gasteiger partial charge >= 0.3 is 0 Å². The Kier molecular flexibility index (Phi) is 5.10. The molecule has 2 aromatic rings. The first-order chi connectivity index (χ1) is 10.6. The molecule has 0 unspecified atom stereocenters. The van der Waals surface area contributed by atoms with Crippen molar-refractivity contribution in [3.8, 4) is 17.6 Å². The van der Waals surface area contributed by atoms with Crippen LogP contribution >= 0.6 is 0 Å². The standard InChI is InChI=1S/C17H17N3O2/c1-12(2)22-17-10-15(8-9-16(17)21-3)20-19-14-6-4-13(11-18)5-7-14/h4-10,12H,1-3H3. The molecule has 2 aromatic carbocycles. The van der Waals surface area contributed by atoms with Crippen LogP contribution in [0.25, 0.3) is 0 Å². The maximum Gasteiger partial charge on any atom is 0.163 e. The molecule has 0 fully saturated rings. The molecule has 0 bridgehead atoms. The molecule has 22 heavy (non-hydrogen) atoms. The number of hydrogen-bond acceptors (Lipinski definition) is 5. The summed E-state index contributed by atoms with van der Waals surface area (Å²) in [7, 11) is 1.60. The molecule has 0 radical (unpaired) electrons. The van der Waals surface area contributed by atoms with Gasteiger partial charge in [0, 0.05) is 6.07 Å². The van der Waals surface area contributed by atoms with Crippen molar-refractivity contribution in [2.45, 2.75) is 20.0 Å². The zero-order chi connectivity index (χ0) is 15.9. The van der Waals surface area contributed by atoms with Crippen molar-refractivity contribution >= 4 is 11.4 Å². The normalized spacial score (nSPS) is 10.7. The molecule has 0 heterocycles. The summed E-state index contributed by atoms with van der Waals surface area (Å²) in [6.45, 7) is 3.90. The average Bonchev–Trinajstić information content (AvgIpc) is 2.53. The summed E-state index contributed by atoms with van der Waals surface area (Å²) in [5.41, 5.74) is 1.94. The highest BCUT2D eigenvalue weighted by Crippen LogP contribution is 2.32. The van der Waals surface area contributed by atoms with E-state index >= 15 is 0 Å². The quantitative estimate of drug-likeness (QED) is 0.746. The number of hydrogen-bond donors (Lipinski definition) is 0. The number of azo groups is 1. The minimum Gasteiger partial charge on any atom is -0.493 e. The fourth-order valence-corrected chi connectivity index (χ4v) is 1.79. The van der Waals surface area contributed by atoms with E-state index in [-0.39, 0.29) is 6.10 Å². The highest BCUT2D eigenvalue weighted by atomic mass is 16.5. The van der Waals surface area contributed by atoms with E-state index in [9.17, 15) is 0 Å². The lowest BCUT2D eigenvalue weighted by molar-refractivity contribution is 0.230. The average molecular weight is 295 g/mol. The predicted octanol–water partition coefficient (Wildman–Crippen LogP) is 4.77. The molecule has 0 spiro atoms. The van der Waals surface area contributed by atoms with Gasteiger partial charge in [-0.05, 0) is 50.2 Å². The summed E-state index contributed by atoms with van der Waals surface area (Å²) in [6, 6.07) is 14.4. The topological polar surface area (TPSA) is 67.0 Å². The highest BCUT2D eigenvalue weighted by molar-refractivity contribution is 5.52. The molecule has 5 heteroatoms. The fraction of sp³-hybridized carbons (Fsp3) is 0.235. The summed E-state index contributed by atoms with van der Waals surface area (Å²) < 4.78 is 11.0. The second-order valence-corrected chi connectivity index (χ2v) is 4.86. The Morgan fingerprint density at radius 3 is 2.18 bits per heavy atom. The minimum atomic E-state index is 0.0413. The van der Waals surface area contributed by atoms with E-state index in [1.165, 1.54) is 0 Å². The number of nitrogens with zero attached hydrogens (tertiary/aromatic N) is 3. The second kappa shape index (κ2) is 7.23. The van der Waals surface area contributed by atoms with Gasteiger partial charge < -0.3 is 9.47 Å². The van der Waals surface area contributed by atoms with E-state index in [4.69, 9.17) is 14.7 Å². The predicted molar refractivity (Wildman–Crippen MR) is 84.1 cm³/mol. The third-order valence-electron chi connectivity index (χ3n) is 2.79. The Morgan fingerprint density at radius 1 is 0.955 bits per heavy atom. The second-order valence-electron chi connectivity index (χ2n) is 4.86. The molecule has 0 N–H and O–H groups in total. The third-order valence-corrected chi connectivity index (χ3v) is 2.79. The van der Waals surface area contributed by atoms with Crippen LogP contribution in [-0.4, -0.2) is 13.2 Å². The van der Waals surface area contributed by atoms with E-state index < -0.39 is 0 Å². The van der Waals surface area contributed by atoms with Crippen LogP contribution in [-0.2, 0) is 0 Å². The summed E-state index contributed by atoms with van der Waals surface area (Å²) in [5.74, 6) is 1.29. The number of rotatable bonds is 5. The molecule has 0 aliphatic carbocycles. The fourth-order valence-electron chi connectivity index (χ4n) is 1.79. The van der Waals surface area contributed by atoms with E-state index in [1.54, 1.807) is 49.6 Å². The van der Waals surface area contributed by atoms with E-state index in [0.717, 1.165) is 0 Å². The van der Waals surface area contributed by atoms with Crippen LogP contribution in [0.4, 0.5) is 11.4 Å². The molecule has 0 saturated carbocycles. The van der Waals surface area contributed by atoms with Gasteiger partial charge in [-0.15, -0.1) is 0 Å². The monoisotopic (exact) mass is 295 g/mol. The van der Waals surface area contributed by atoms with Crippen LogP contribution in [0.3, 0.4) is 0 Å². The van der Waals surface area contributed by atoms with Crippen LogP contribution in [0, 0.1) is 11.3 Å². The molecular weight excluding hydrogens is 278 g/mol. The Hall–Kier alpha value is -2.87. The van der Waals surface area contributed by atoms with Crippen LogP contribution in [0.1, 0.15) is 19.4 Å². The van der Waals surface area contributed by atoms with Crippen molar-refractivity contribution in [1.29, 1.82) is 5.26 Å². The Morgan fingerprint density at radius 2 is 1.59 bits per heavy atom. The molecule has 0 atom stereocenters. The van der Waals surface area contributed by atoms with Crippen molar-refractivity contribution in [2.75, 3.05) is 7.11 Å². The third kappa shape index (κ3) is 4.06. The smallest absolute Gasteiger partial charge is 0.163 e. The first-order valence-electron chi connectivity index (χ1n) is 6.89. The Bertz CT molecular complexity index is 701. The molecular formula is C17H17N3O2. The SMILES string of the molecule is COc1ccc(N=Nc2ccc(C#N)cc2)cc1OC(C)C. The van der Waals surface area contributed by atoms with Crippen molar-refractivity contribution < 1.29 is 9.47 Å². The van der Waals surface area contributed by atoms with Gasteiger partial charge in [-0.1, -0.05) is 0 Å². The van der Waals surface area contributed by atoms with Crippen LogP contribution in [0.15, 0.2) is 52.7 Å². The van der Waals surface area contributed by atoms with Gasteiger partial charge in [0.2, 0.25) is 0 Å². The van der Waals surface area contributed by atoms with Gasteiger partial charge in [0.05, 0.1) is 36.2 Å². The molecule has 0 saturated heterocycles. The van der Waals surface area contributed by atoms with Crippen LogP contribution in [0.5, 0.6) is 11.5 Å². The Balaban J connectivity index is 2.21. The molecule has 112 valence electrons. The summed E-state index contributed by atoms with van der Waals surface area (Å²) in [5, 5.41) is 17.1. The number of benzene rings is 2. The number of nitriles is 1. The molecule has 0 amide bonds. The van der Waals surface area contributed by atoms with Crippen molar-refractivity contribution in [3.63, 3.8) is 0 Å². The zero-order valence-electron chi connectivity index (χ0n) is 12.8. The van der Waals surface area contributed by atoms with Crippen molar-refractivity contribution in [1.82, 2.24) is 0 Å². The first kappa shape index (κ1) is 15.5. The lowest BCUT2D eigenvalue weighted by Gasteiger charge is -2.13. The zero-order valence-corrected chi connectivity index (χ0v) is 12.8. The van der Waals surface area contributed by atoms with E-state index in [1.807, 2.05) is 13.8 Å². The molecule has 2 rings (SSSR count). The van der Waals surface area contributed by atoms with Crippen LogP contribution in [0.2, 0.25) is 0 Å². The van der Waals surface area contributed by atoms with Gasteiger partial charge in [0.15, 0.2) is 11.5 Å². The number of ether oxygens (including phenoxy) is 2. The van der Waals surface area contributed by atoms with E-state index in [0.29, 0.717) is 28.4 Å². The molecule has 0 aliphatic heterocycles. The minimum absolute atomic E-state index is 0.0413. The van der Waals surface area contributed by atoms with Gasteiger partial charge in [-0.25, -0.2) is 0 Å². The number of methoxy groups -OCH3 is 1. The molecule has 5 nitrogen and oxygen atoms in total. The summed E-state index contributed by atoms with van der Waals surface area (Å²) in [4.78, 5) is 0. The van der Waals surface area contributed by atoms with E-state index in [2.05, 4.69) is 16.3 Å². The largest absolute Gasteiger partial charge is 0.493 e. The van der Waals surface area contributed by atoms with Gasteiger partial charge in [0.25, 0.3) is 0 Å².